The Morgan fingerprint density at radius 2 is 1.96 bits per heavy atom. The maximum atomic E-state index is 12.6. The predicted molar refractivity (Wildman–Crippen MR) is 100 cm³/mol. The first-order valence-electron chi connectivity index (χ1n) is 8.84. The summed E-state index contributed by atoms with van der Waals surface area (Å²) in [6.45, 7) is 3.30. The molecule has 1 saturated heterocycles. The Balaban J connectivity index is 1.55. The van der Waals surface area contributed by atoms with Crippen LogP contribution in [0.2, 0.25) is 0 Å². The van der Waals surface area contributed by atoms with Gasteiger partial charge in [0.05, 0.1) is 6.42 Å². The molecule has 2 amide bonds. The van der Waals surface area contributed by atoms with Gasteiger partial charge in [0.1, 0.15) is 6.04 Å². The van der Waals surface area contributed by atoms with Crippen molar-refractivity contribution in [1.82, 2.24) is 10.2 Å². The van der Waals surface area contributed by atoms with Crippen molar-refractivity contribution in [2.24, 2.45) is 0 Å². The molecule has 1 aromatic carbocycles. The number of thiophene rings is 1. The molecule has 1 fully saturated rings. The van der Waals surface area contributed by atoms with Crippen LogP contribution in [0.5, 0.6) is 0 Å². The van der Waals surface area contributed by atoms with Crippen molar-refractivity contribution in [1.29, 1.82) is 0 Å². The van der Waals surface area contributed by atoms with Gasteiger partial charge in [-0.05, 0) is 41.8 Å². The molecule has 1 aliphatic heterocycles. The Morgan fingerprint density at radius 1 is 1.20 bits per heavy atom. The van der Waals surface area contributed by atoms with E-state index in [9.17, 15) is 9.59 Å². The van der Waals surface area contributed by atoms with Crippen LogP contribution in [0.25, 0.3) is 0 Å². The first-order valence-corrected chi connectivity index (χ1v) is 9.72. The Kier molecular flexibility index (Phi) is 5.87. The molecule has 0 unspecified atom stereocenters. The van der Waals surface area contributed by atoms with E-state index in [1.165, 1.54) is 5.56 Å². The minimum Gasteiger partial charge on any atom is -0.350 e. The second-order valence-electron chi connectivity index (χ2n) is 6.39. The molecule has 1 atom stereocenters. The van der Waals surface area contributed by atoms with Crippen molar-refractivity contribution in [3.63, 3.8) is 0 Å². The zero-order valence-corrected chi connectivity index (χ0v) is 15.3. The van der Waals surface area contributed by atoms with Crippen LogP contribution >= 0.6 is 11.3 Å². The predicted octanol–water partition coefficient (Wildman–Crippen LogP) is 3.16. The summed E-state index contributed by atoms with van der Waals surface area (Å²) < 4.78 is 0. The van der Waals surface area contributed by atoms with Crippen LogP contribution in [0, 0.1) is 0 Å². The van der Waals surface area contributed by atoms with Gasteiger partial charge < -0.3 is 10.2 Å². The summed E-state index contributed by atoms with van der Waals surface area (Å²) >= 11 is 1.58. The molecule has 0 radical (unpaired) electrons. The van der Waals surface area contributed by atoms with E-state index in [0.717, 1.165) is 29.7 Å². The van der Waals surface area contributed by atoms with Crippen LogP contribution in [0.3, 0.4) is 0 Å². The van der Waals surface area contributed by atoms with Crippen molar-refractivity contribution < 1.29 is 9.59 Å². The number of amides is 2. The Hall–Kier alpha value is -2.14. The third-order valence-electron chi connectivity index (χ3n) is 4.68. The zero-order chi connectivity index (χ0) is 17.6. The summed E-state index contributed by atoms with van der Waals surface area (Å²) in [6, 6.07) is 11.9. The van der Waals surface area contributed by atoms with Gasteiger partial charge in [-0.1, -0.05) is 37.3 Å². The van der Waals surface area contributed by atoms with E-state index in [0.29, 0.717) is 19.5 Å². The first-order chi connectivity index (χ1) is 12.2. The van der Waals surface area contributed by atoms with Crippen molar-refractivity contribution in [2.45, 2.75) is 45.2 Å². The number of hydrogen-bond donors (Lipinski definition) is 1. The number of carbonyl (C=O) groups is 2. The molecule has 4 nitrogen and oxygen atoms in total. The van der Waals surface area contributed by atoms with Crippen LogP contribution in [-0.4, -0.2) is 29.3 Å². The van der Waals surface area contributed by atoms with E-state index in [-0.39, 0.29) is 17.9 Å². The second-order valence-corrected chi connectivity index (χ2v) is 7.42. The second kappa shape index (κ2) is 8.30. The number of hydrogen-bond acceptors (Lipinski definition) is 3. The van der Waals surface area contributed by atoms with Crippen LogP contribution < -0.4 is 5.32 Å². The zero-order valence-electron chi connectivity index (χ0n) is 14.5. The lowest BCUT2D eigenvalue weighted by Crippen LogP contribution is -2.46. The molecule has 0 saturated carbocycles. The molecule has 25 heavy (non-hydrogen) atoms. The van der Waals surface area contributed by atoms with E-state index in [2.05, 4.69) is 24.4 Å². The third kappa shape index (κ3) is 4.48. The molecular formula is C20H24N2O2S. The fourth-order valence-electron chi connectivity index (χ4n) is 3.20. The molecule has 1 aliphatic rings. The normalized spacial score (nSPS) is 16.8. The number of aryl methyl sites for hydroxylation is 1. The molecule has 3 rings (SSSR count). The van der Waals surface area contributed by atoms with Gasteiger partial charge in [0.25, 0.3) is 0 Å². The van der Waals surface area contributed by atoms with Gasteiger partial charge in [-0.25, -0.2) is 0 Å². The number of nitrogens with one attached hydrogen (secondary N) is 1. The largest absolute Gasteiger partial charge is 0.350 e. The minimum absolute atomic E-state index is 0.0448. The quantitative estimate of drug-likeness (QED) is 0.864. The lowest BCUT2D eigenvalue weighted by Gasteiger charge is -2.24. The third-order valence-corrected chi connectivity index (χ3v) is 5.56. The van der Waals surface area contributed by atoms with Gasteiger partial charge in [-0.2, -0.15) is 0 Å². The highest BCUT2D eigenvalue weighted by Gasteiger charge is 2.33. The summed E-state index contributed by atoms with van der Waals surface area (Å²) in [5.41, 5.74) is 2.37. The van der Waals surface area contributed by atoms with E-state index >= 15 is 0 Å². The van der Waals surface area contributed by atoms with Crippen LogP contribution in [0.1, 0.15) is 35.8 Å². The van der Waals surface area contributed by atoms with Gasteiger partial charge in [0.2, 0.25) is 11.8 Å². The van der Waals surface area contributed by atoms with E-state index in [1.807, 2.05) is 29.6 Å². The van der Waals surface area contributed by atoms with Gasteiger partial charge in [-0.3, -0.25) is 9.59 Å². The summed E-state index contributed by atoms with van der Waals surface area (Å²) in [4.78, 5) is 27.9. The van der Waals surface area contributed by atoms with Crippen molar-refractivity contribution in [3.05, 3.63) is 57.8 Å². The summed E-state index contributed by atoms with van der Waals surface area (Å²) in [5.74, 6) is 0.00370. The van der Waals surface area contributed by atoms with E-state index in [1.54, 1.807) is 16.2 Å². The van der Waals surface area contributed by atoms with Crippen molar-refractivity contribution in [3.8, 4) is 0 Å². The maximum absolute atomic E-state index is 12.6. The van der Waals surface area contributed by atoms with Crippen LogP contribution in [-0.2, 0) is 29.0 Å². The standard InChI is InChI=1S/C20H24N2O2S/c1-2-15-7-9-16(10-8-15)14-21-20(24)18-6-3-11-22(18)19(23)13-17-5-4-12-25-17/h4-5,7-10,12,18H,2-3,6,11,13-14H2,1H3,(H,21,24)/t18-/m0/s1. The van der Waals surface area contributed by atoms with Gasteiger partial charge in [0, 0.05) is 18.0 Å². The molecule has 132 valence electrons. The van der Waals surface area contributed by atoms with Crippen LogP contribution in [0.4, 0.5) is 0 Å². The Labute approximate surface area is 152 Å². The lowest BCUT2D eigenvalue weighted by molar-refractivity contribution is -0.138. The molecular weight excluding hydrogens is 332 g/mol. The van der Waals surface area contributed by atoms with Gasteiger partial charge >= 0.3 is 0 Å². The highest BCUT2D eigenvalue weighted by Crippen LogP contribution is 2.20. The molecule has 5 heteroatoms. The van der Waals surface area contributed by atoms with Crippen molar-refractivity contribution >= 4 is 23.2 Å². The average molecular weight is 356 g/mol. The topological polar surface area (TPSA) is 49.4 Å². The fraction of sp³-hybridized carbons (Fsp3) is 0.400. The Bertz CT molecular complexity index is 710. The van der Waals surface area contributed by atoms with Gasteiger partial charge in [-0.15, -0.1) is 11.3 Å². The average Bonchev–Trinajstić information content (AvgIpc) is 3.31. The first kappa shape index (κ1) is 17.7. The highest BCUT2D eigenvalue weighted by molar-refractivity contribution is 7.10. The molecule has 2 aromatic rings. The highest BCUT2D eigenvalue weighted by atomic mass is 32.1. The maximum Gasteiger partial charge on any atom is 0.243 e. The number of benzene rings is 1. The summed E-state index contributed by atoms with van der Waals surface area (Å²) in [7, 11) is 0. The van der Waals surface area contributed by atoms with E-state index < -0.39 is 0 Å². The SMILES string of the molecule is CCc1ccc(CNC(=O)[C@@H]2CCCN2C(=O)Cc2cccs2)cc1. The molecule has 1 aromatic heterocycles. The molecule has 0 aliphatic carbocycles. The summed E-state index contributed by atoms with van der Waals surface area (Å²) in [5, 5.41) is 4.96. The molecule has 1 N–H and O–H groups in total. The summed E-state index contributed by atoms with van der Waals surface area (Å²) in [6.07, 6.45) is 3.03. The monoisotopic (exact) mass is 356 g/mol. The number of rotatable bonds is 6. The number of nitrogens with zero attached hydrogens (tertiary/aromatic N) is 1. The van der Waals surface area contributed by atoms with E-state index in [4.69, 9.17) is 0 Å². The molecule has 2 heterocycles. The van der Waals surface area contributed by atoms with Crippen molar-refractivity contribution in [2.75, 3.05) is 6.54 Å². The minimum atomic E-state index is -0.331. The van der Waals surface area contributed by atoms with Gasteiger partial charge in [0.15, 0.2) is 0 Å². The number of likely N-dealkylation sites (tertiary alicyclic amines) is 1. The fourth-order valence-corrected chi connectivity index (χ4v) is 3.90. The number of carbonyl (C=O) groups excluding carboxylic acids is 2. The lowest BCUT2D eigenvalue weighted by atomic mass is 10.1. The smallest absolute Gasteiger partial charge is 0.243 e. The molecule has 0 spiro atoms. The van der Waals surface area contributed by atoms with Crippen LogP contribution in [0.15, 0.2) is 41.8 Å². The molecule has 0 bridgehead atoms. The Morgan fingerprint density at radius 3 is 2.64 bits per heavy atom.